The summed E-state index contributed by atoms with van der Waals surface area (Å²) in [6, 6.07) is 6.29. The van der Waals surface area contributed by atoms with Crippen molar-refractivity contribution in [3.63, 3.8) is 0 Å². The minimum absolute atomic E-state index is 0.176. The maximum absolute atomic E-state index is 11.8. The van der Waals surface area contributed by atoms with E-state index in [0.29, 0.717) is 13.1 Å². The van der Waals surface area contributed by atoms with Gasteiger partial charge in [0.25, 0.3) is 0 Å². The Labute approximate surface area is 124 Å². The molecule has 116 valence electrons. The van der Waals surface area contributed by atoms with Crippen molar-refractivity contribution in [2.45, 2.75) is 25.8 Å². The Hall–Kier alpha value is -2.08. The summed E-state index contributed by atoms with van der Waals surface area (Å²) in [4.78, 5) is 24.3. The molecule has 1 rings (SSSR count). The van der Waals surface area contributed by atoms with Crippen LogP contribution in [0.3, 0.4) is 0 Å². The van der Waals surface area contributed by atoms with Gasteiger partial charge in [-0.15, -0.1) is 0 Å². The normalized spacial score (nSPS) is 10.2. The van der Waals surface area contributed by atoms with Gasteiger partial charge in [0.05, 0.1) is 5.56 Å². The molecule has 0 saturated heterocycles. The predicted octanol–water partition coefficient (Wildman–Crippen LogP) is 1.69. The summed E-state index contributed by atoms with van der Waals surface area (Å²) in [5, 5.41) is 20.3. The number of nitrogens with one attached hydrogen (secondary N) is 1. The van der Waals surface area contributed by atoms with Crippen LogP contribution in [0.2, 0.25) is 0 Å². The number of nitrogens with zero attached hydrogens (tertiary/aromatic N) is 1. The summed E-state index contributed by atoms with van der Waals surface area (Å²) in [5.74, 6) is -0.982. The van der Waals surface area contributed by atoms with Crippen molar-refractivity contribution in [3.05, 3.63) is 35.4 Å². The fraction of sp³-hybridized carbons (Fsp3) is 0.467. The molecule has 0 spiro atoms. The average Bonchev–Trinajstić information content (AvgIpc) is 2.49. The molecule has 3 N–H and O–H groups in total. The number of amides is 2. The van der Waals surface area contributed by atoms with Gasteiger partial charge in [-0.2, -0.15) is 0 Å². The molecule has 0 aromatic heterocycles. The van der Waals surface area contributed by atoms with Crippen molar-refractivity contribution in [1.82, 2.24) is 10.2 Å². The van der Waals surface area contributed by atoms with Crippen LogP contribution in [0.1, 0.15) is 35.2 Å². The van der Waals surface area contributed by atoms with Gasteiger partial charge >= 0.3 is 12.0 Å². The topological polar surface area (TPSA) is 89.9 Å². The van der Waals surface area contributed by atoms with E-state index in [-0.39, 0.29) is 18.2 Å². The van der Waals surface area contributed by atoms with Gasteiger partial charge in [-0.3, -0.25) is 0 Å². The number of carbonyl (C=O) groups is 2. The number of aliphatic hydroxyl groups excluding tert-OH is 1. The second kappa shape index (κ2) is 8.97. The molecule has 21 heavy (non-hydrogen) atoms. The van der Waals surface area contributed by atoms with Crippen LogP contribution in [0.4, 0.5) is 4.79 Å². The van der Waals surface area contributed by atoms with E-state index >= 15 is 0 Å². The summed E-state index contributed by atoms with van der Waals surface area (Å²) in [7, 11) is 1.71. The van der Waals surface area contributed by atoms with Gasteiger partial charge in [0.2, 0.25) is 0 Å². The SMILES string of the molecule is CN(CCCCCO)C(=O)NCc1cccc(C(=O)O)c1. The first-order chi connectivity index (χ1) is 10.0. The number of carboxylic acids is 1. The van der Waals surface area contributed by atoms with Gasteiger partial charge in [-0.05, 0) is 37.0 Å². The van der Waals surface area contributed by atoms with E-state index in [0.717, 1.165) is 24.8 Å². The van der Waals surface area contributed by atoms with Gasteiger partial charge in [0, 0.05) is 26.7 Å². The van der Waals surface area contributed by atoms with Gasteiger partial charge in [0.15, 0.2) is 0 Å². The lowest BCUT2D eigenvalue weighted by Crippen LogP contribution is -2.37. The molecule has 2 amide bonds. The molecule has 0 heterocycles. The number of rotatable bonds is 8. The number of carboxylic acid groups (broad SMARTS) is 1. The smallest absolute Gasteiger partial charge is 0.335 e. The molecule has 0 atom stereocenters. The molecule has 1 aromatic carbocycles. The average molecular weight is 294 g/mol. The van der Waals surface area contributed by atoms with Crippen molar-refractivity contribution in [3.8, 4) is 0 Å². The van der Waals surface area contributed by atoms with Crippen LogP contribution in [0.15, 0.2) is 24.3 Å². The fourth-order valence-corrected chi connectivity index (χ4v) is 1.87. The Morgan fingerprint density at radius 3 is 2.67 bits per heavy atom. The van der Waals surface area contributed by atoms with E-state index in [2.05, 4.69) is 5.32 Å². The Morgan fingerprint density at radius 1 is 1.24 bits per heavy atom. The number of benzene rings is 1. The molecule has 6 nitrogen and oxygen atoms in total. The van der Waals surface area contributed by atoms with E-state index in [9.17, 15) is 9.59 Å². The molecule has 0 radical (unpaired) electrons. The minimum atomic E-state index is -0.982. The number of aliphatic hydroxyl groups is 1. The standard InChI is InChI=1S/C15H22N2O4/c1-17(8-3-2-4-9-18)15(21)16-11-12-6-5-7-13(10-12)14(19)20/h5-7,10,18H,2-4,8-9,11H2,1H3,(H,16,21)(H,19,20). The summed E-state index contributed by atoms with van der Waals surface area (Å²) < 4.78 is 0. The molecule has 1 aromatic rings. The highest BCUT2D eigenvalue weighted by atomic mass is 16.4. The van der Waals surface area contributed by atoms with Crippen LogP contribution in [0.25, 0.3) is 0 Å². The molecule has 0 aliphatic rings. The number of urea groups is 1. The first kappa shape index (κ1) is 17.0. The third-order valence-corrected chi connectivity index (χ3v) is 3.12. The Kier molecular flexibility index (Phi) is 7.25. The third kappa shape index (κ3) is 6.27. The Morgan fingerprint density at radius 2 is 2.00 bits per heavy atom. The molecule has 0 aliphatic carbocycles. The molecule has 0 aliphatic heterocycles. The first-order valence-corrected chi connectivity index (χ1v) is 6.96. The zero-order valence-corrected chi connectivity index (χ0v) is 12.2. The largest absolute Gasteiger partial charge is 0.478 e. The zero-order valence-electron chi connectivity index (χ0n) is 12.2. The van der Waals surface area contributed by atoms with Crippen LogP contribution >= 0.6 is 0 Å². The molecular formula is C15H22N2O4. The van der Waals surface area contributed by atoms with Crippen LogP contribution in [0, 0.1) is 0 Å². The predicted molar refractivity (Wildman–Crippen MR) is 79.2 cm³/mol. The molecule has 0 fully saturated rings. The van der Waals surface area contributed by atoms with Gasteiger partial charge < -0.3 is 20.4 Å². The van der Waals surface area contributed by atoms with Gasteiger partial charge in [0.1, 0.15) is 0 Å². The monoisotopic (exact) mass is 294 g/mol. The summed E-state index contributed by atoms with van der Waals surface area (Å²) in [5.41, 5.74) is 0.955. The van der Waals surface area contributed by atoms with Crippen LogP contribution in [0.5, 0.6) is 0 Å². The van der Waals surface area contributed by atoms with Gasteiger partial charge in [-0.1, -0.05) is 12.1 Å². The Balaban J connectivity index is 2.38. The van der Waals surface area contributed by atoms with Crippen LogP contribution in [-0.2, 0) is 6.54 Å². The minimum Gasteiger partial charge on any atom is -0.478 e. The third-order valence-electron chi connectivity index (χ3n) is 3.12. The molecular weight excluding hydrogens is 272 g/mol. The highest BCUT2D eigenvalue weighted by Crippen LogP contribution is 2.05. The van der Waals surface area contributed by atoms with Gasteiger partial charge in [-0.25, -0.2) is 9.59 Å². The summed E-state index contributed by atoms with van der Waals surface area (Å²) >= 11 is 0. The van der Waals surface area contributed by atoms with Crippen molar-refractivity contribution >= 4 is 12.0 Å². The van der Waals surface area contributed by atoms with Crippen molar-refractivity contribution in [2.24, 2.45) is 0 Å². The number of hydrogen-bond donors (Lipinski definition) is 3. The lowest BCUT2D eigenvalue weighted by molar-refractivity contribution is 0.0696. The number of hydrogen-bond acceptors (Lipinski definition) is 3. The van der Waals surface area contributed by atoms with E-state index in [4.69, 9.17) is 10.2 Å². The van der Waals surface area contributed by atoms with E-state index in [1.165, 1.54) is 6.07 Å². The van der Waals surface area contributed by atoms with E-state index < -0.39 is 5.97 Å². The zero-order chi connectivity index (χ0) is 15.7. The molecule has 6 heteroatoms. The highest BCUT2D eigenvalue weighted by molar-refractivity contribution is 5.87. The summed E-state index contributed by atoms with van der Waals surface area (Å²) in [6.07, 6.45) is 2.48. The maximum atomic E-state index is 11.8. The number of unbranched alkanes of at least 4 members (excludes halogenated alkanes) is 2. The maximum Gasteiger partial charge on any atom is 0.335 e. The molecule has 0 bridgehead atoms. The number of aromatic carboxylic acids is 1. The number of carbonyl (C=O) groups excluding carboxylic acids is 1. The van der Waals surface area contributed by atoms with Crippen molar-refractivity contribution in [1.29, 1.82) is 0 Å². The second-order valence-corrected chi connectivity index (χ2v) is 4.87. The summed E-state index contributed by atoms with van der Waals surface area (Å²) in [6.45, 7) is 1.10. The molecule has 0 unspecified atom stereocenters. The van der Waals surface area contributed by atoms with E-state index in [1.54, 1.807) is 30.1 Å². The second-order valence-electron chi connectivity index (χ2n) is 4.87. The Bertz CT molecular complexity index is 476. The first-order valence-electron chi connectivity index (χ1n) is 6.96. The van der Waals surface area contributed by atoms with E-state index in [1.807, 2.05) is 0 Å². The highest BCUT2D eigenvalue weighted by Gasteiger charge is 2.08. The molecule has 0 saturated carbocycles. The van der Waals surface area contributed by atoms with Crippen molar-refractivity contribution < 1.29 is 19.8 Å². The lowest BCUT2D eigenvalue weighted by atomic mass is 10.1. The fourth-order valence-electron chi connectivity index (χ4n) is 1.87. The van der Waals surface area contributed by atoms with Crippen LogP contribution < -0.4 is 5.32 Å². The lowest BCUT2D eigenvalue weighted by Gasteiger charge is -2.18. The van der Waals surface area contributed by atoms with Crippen molar-refractivity contribution in [2.75, 3.05) is 20.2 Å². The van der Waals surface area contributed by atoms with Crippen LogP contribution in [-0.4, -0.2) is 47.3 Å². The quantitative estimate of drug-likeness (QED) is 0.636.